The smallest absolute Gasteiger partial charge is 0.307 e. The number of hydrogen-bond donors (Lipinski definition) is 0. The minimum Gasteiger partial charge on any atom is -0.469 e. The number of esters is 1. The molecule has 2 heterocycles. The molecule has 0 spiro atoms. The molecule has 1 aromatic heterocycles. The van der Waals surface area contributed by atoms with Crippen LogP contribution < -0.4 is 9.47 Å². The number of aromatic nitrogens is 1. The fourth-order valence-corrected chi connectivity index (χ4v) is 2.50. The third kappa shape index (κ3) is 4.06. The van der Waals surface area contributed by atoms with E-state index < -0.39 is 0 Å². The van der Waals surface area contributed by atoms with Gasteiger partial charge in [0.15, 0.2) is 11.5 Å². The number of rotatable bonds is 6. The van der Waals surface area contributed by atoms with Crippen molar-refractivity contribution in [2.75, 3.05) is 20.4 Å². The maximum atomic E-state index is 12.9. The van der Waals surface area contributed by atoms with E-state index in [1.165, 1.54) is 7.11 Å². The van der Waals surface area contributed by atoms with Gasteiger partial charge in [0.05, 0.1) is 13.5 Å². The summed E-state index contributed by atoms with van der Waals surface area (Å²) in [5.41, 5.74) is 1.40. The van der Waals surface area contributed by atoms with Crippen molar-refractivity contribution in [1.29, 1.82) is 0 Å². The topological polar surface area (TPSA) is 78.0 Å². The molecule has 7 heteroatoms. The molecule has 0 saturated heterocycles. The minimum atomic E-state index is -0.363. The third-order valence-electron chi connectivity index (χ3n) is 3.84. The van der Waals surface area contributed by atoms with E-state index >= 15 is 0 Å². The number of hydrogen-bond acceptors (Lipinski definition) is 6. The summed E-state index contributed by atoms with van der Waals surface area (Å²) in [6.45, 7) is 0.769. The molecule has 0 radical (unpaired) electrons. The Bertz CT molecular complexity index is 763. The number of fused-ring (bicyclic) bond motifs is 1. The Morgan fingerprint density at radius 1 is 1.16 bits per heavy atom. The SMILES string of the molecule is COC(=O)CCN(Cc1ccncc1)C(=O)c1ccc2c(c1)OCO2. The molecule has 0 bridgehead atoms. The van der Waals surface area contributed by atoms with Gasteiger partial charge in [-0.05, 0) is 35.9 Å². The summed E-state index contributed by atoms with van der Waals surface area (Å²) in [6, 6.07) is 8.71. The van der Waals surface area contributed by atoms with E-state index in [-0.39, 0.29) is 31.6 Å². The Morgan fingerprint density at radius 3 is 2.68 bits per heavy atom. The van der Waals surface area contributed by atoms with E-state index in [4.69, 9.17) is 9.47 Å². The average Bonchev–Trinajstić information content (AvgIpc) is 3.12. The van der Waals surface area contributed by atoms with Gasteiger partial charge >= 0.3 is 5.97 Å². The first kappa shape index (κ1) is 16.8. The molecule has 1 aromatic carbocycles. The number of benzene rings is 1. The van der Waals surface area contributed by atoms with Crippen LogP contribution in [-0.4, -0.2) is 42.2 Å². The van der Waals surface area contributed by atoms with Crippen molar-refractivity contribution in [3.63, 3.8) is 0 Å². The number of carbonyl (C=O) groups is 2. The van der Waals surface area contributed by atoms with Crippen molar-refractivity contribution in [3.8, 4) is 11.5 Å². The van der Waals surface area contributed by atoms with E-state index in [1.807, 2.05) is 12.1 Å². The van der Waals surface area contributed by atoms with Gasteiger partial charge in [-0.25, -0.2) is 0 Å². The zero-order valence-corrected chi connectivity index (χ0v) is 13.8. The Balaban J connectivity index is 1.79. The molecule has 25 heavy (non-hydrogen) atoms. The molecule has 1 aliphatic rings. The van der Waals surface area contributed by atoms with E-state index in [1.54, 1.807) is 35.5 Å². The van der Waals surface area contributed by atoms with Crippen LogP contribution in [0.1, 0.15) is 22.3 Å². The zero-order chi connectivity index (χ0) is 17.6. The maximum absolute atomic E-state index is 12.9. The minimum absolute atomic E-state index is 0.123. The van der Waals surface area contributed by atoms with Gasteiger partial charge in [-0.1, -0.05) is 0 Å². The van der Waals surface area contributed by atoms with Crippen LogP contribution in [0.15, 0.2) is 42.7 Å². The molecule has 3 rings (SSSR count). The van der Waals surface area contributed by atoms with Gasteiger partial charge in [-0.15, -0.1) is 0 Å². The van der Waals surface area contributed by atoms with Crippen LogP contribution in [-0.2, 0) is 16.1 Å². The van der Waals surface area contributed by atoms with Crippen molar-refractivity contribution >= 4 is 11.9 Å². The van der Waals surface area contributed by atoms with Gasteiger partial charge in [0.25, 0.3) is 5.91 Å². The van der Waals surface area contributed by atoms with Crippen LogP contribution in [0.5, 0.6) is 11.5 Å². The number of amides is 1. The summed E-state index contributed by atoms with van der Waals surface area (Å²) >= 11 is 0. The second kappa shape index (κ2) is 7.65. The highest BCUT2D eigenvalue weighted by Crippen LogP contribution is 2.32. The Kier molecular flexibility index (Phi) is 5.13. The number of nitrogens with zero attached hydrogens (tertiary/aromatic N) is 2. The molecule has 0 aliphatic carbocycles. The molecule has 0 N–H and O–H groups in total. The summed E-state index contributed by atoms with van der Waals surface area (Å²) in [4.78, 5) is 30.0. The van der Waals surface area contributed by atoms with Crippen molar-refractivity contribution in [2.24, 2.45) is 0 Å². The van der Waals surface area contributed by atoms with Crippen molar-refractivity contribution in [2.45, 2.75) is 13.0 Å². The molecule has 0 saturated carbocycles. The predicted molar refractivity (Wildman–Crippen MR) is 88.2 cm³/mol. The van der Waals surface area contributed by atoms with Gasteiger partial charge in [0.2, 0.25) is 6.79 Å². The maximum Gasteiger partial charge on any atom is 0.307 e. The van der Waals surface area contributed by atoms with Gasteiger partial charge in [-0.3, -0.25) is 14.6 Å². The van der Waals surface area contributed by atoms with Crippen LogP contribution in [0.25, 0.3) is 0 Å². The predicted octanol–water partition coefficient (Wildman–Crippen LogP) is 2.02. The summed E-state index contributed by atoms with van der Waals surface area (Å²) in [5.74, 6) is 0.603. The third-order valence-corrected chi connectivity index (χ3v) is 3.84. The highest BCUT2D eigenvalue weighted by Gasteiger charge is 2.21. The molecular weight excluding hydrogens is 324 g/mol. The first-order valence-electron chi connectivity index (χ1n) is 7.82. The average molecular weight is 342 g/mol. The number of methoxy groups -OCH3 is 1. The zero-order valence-electron chi connectivity index (χ0n) is 13.8. The Labute approximate surface area is 145 Å². The summed E-state index contributed by atoms with van der Waals surface area (Å²) in [7, 11) is 1.33. The fourth-order valence-electron chi connectivity index (χ4n) is 2.50. The molecule has 0 unspecified atom stereocenters. The lowest BCUT2D eigenvalue weighted by atomic mass is 10.1. The van der Waals surface area contributed by atoms with Crippen LogP contribution in [0.4, 0.5) is 0 Å². The van der Waals surface area contributed by atoms with Crippen LogP contribution in [0, 0.1) is 0 Å². The summed E-state index contributed by atoms with van der Waals surface area (Å²) in [5, 5.41) is 0. The van der Waals surface area contributed by atoms with E-state index in [0.717, 1.165) is 5.56 Å². The Morgan fingerprint density at radius 2 is 1.92 bits per heavy atom. The monoisotopic (exact) mass is 342 g/mol. The van der Waals surface area contributed by atoms with Crippen LogP contribution in [0.2, 0.25) is 0 Å². The van der Waals surface area contributed by atoms with Crippen molar-refractivity contribution in [1.82, 2.24) is 9.88 Å². The lowest BCUT2D eigenvalue weighted by Crippen LogP contribution is -2.32. The normalized spacial score (nSPS) is 11.9. The van der Waals surface area contributed by atoms with Crippen molar-refractivity contribution < 1.29 is 23.8 Å². The molecular formula is C18H18N2O5. The van der Waals surface area contributed by atoms with Gasteiger partial charge in [0.1, 0.15) is 0 Å². The second-order valence-electron chi connectivity index (χ2n) is 5.48. The summed E-state index contributed by atoms with van der Waals surface area (Å²) < 4.78 is 15.3. The first-order chi connectivity index (χ1) is 12.2. The number of ether oxygens (including phenoxy) is 3. The lowest BCUT2D eigenvalue weighted by molar-refractivity contribution is -0.140. The second-order valence-corrected chi connectivity index (χ2v) is 5.48. The first-order valence-corrected chi connectivity index (χ1v) is 7.82. The van der Waals surface area contributed by atoms with Crippen molar-refractivity contribution in [3.05, 3.63) is 53.9 Å². The van der Waals surface area contributed by atoms with E-state index in [2.05, 4.69) is 9.72 Å². The van der Waals surface area contributed by atoms with E-state index in [9.17, 15) is 9.59 Å². The van der Waals surface area contributed by atoms with Gasteiger partial charge in [0, 0.05) is 31.0 Å². The standard InChI is InChI=1S/C18H18N2O5/c1-23-17(21)6-9-20(11-13-4-7-19-8-5-13)18(22)14-2-3-15-16(10-14)25-12-24-15/h2-5,7-8,10H,6,9,11-12H2,1H3. The number of pyridine rings is 1. The molecule has 2 aromatic rings. The molecule has 1 amide bonds. The Hall–Kier alpha value is -3.09. The van der Waals surface area contributed by atoms with Crippen LogP contribution >= 0.6 is 0 Å². The summed E-state index contributed by atoms with van der Waals surface area (Å²) in [6.07, 6.45) is 3.45. The highest BCUT2D eigenvalue weighted by atomic mass is 16.7. The molecule has 130 valence electrons. The number of carbonyl (C=O) groups excluding carboxylic acids is 2. The lowest BCUT2D eigenvalue weighted by Gasteiger charge is -2.22. The molecule has 0 fully saturated rings. The fraction of sp³-hybridized carbons (Fsp3) is 0.278. The quantitative estimate of drug-likeness (QED) is 0.748. The van der Waals surface area contributed by atoms with Gasteiger partial charge in [-0.2, -0.15) is 0 Å². The molecule has 0 atom stereocenters. The largest absolute Gasteiger partial charge is 0.469 e. The highest BCUT2D eigenvalue weighted by molar-refractivity contribution is 5.95. The molecule has 1 aliphatic heterocycles. The van der Waals surface area contributed by atoms with Crippen LogP contribution in [0.3, 0.4) is 0 Å². The molecule has 7 nitrogen and oxygen atoms in total. The van der Waals surface area contributed by atoms with E-state index in [0.29, 0.717) is 23.6 Å². The van der Waals surface area contributed by atoms with Gasteiger partial charge < -0.3 is 19.1 Å².